The Hall–Kier alpha value is -2.54. The monoisotopic (exact) mass is 462 g/mol. The molecule has 1 atom stereocenters. The van der Waals surface area contributed by atoms with Crippen molar-refractivity contribution in [3.05, 3.63) is 51.6 Å². The summed E-state index contributed by atoms with van der Waals surface area (Å²) in [6.07, 6.45) is 13.2. The molecule has 0 saturated heterocycles. The van der Waals surface area contributed by atoms with Gasteiger partial charge in [0, 0.05) is 23.7 Å². The predicted molar refractivity (Wildman–Crippen MR) is 135 cm³/mol. The van der Waals surface area contributed by atoms with Crippen LogP contribution in [0.3, 0.4) is 0 Å². The summed E-state index contributed by atoms with van der Waals surface area (Å²) in [4.78, 5) is 18.8. The molecule has 2 saturated carbocycles. The maximum Gasteiger partial charge on any atom is 0.252 e. The van der Waals surface area contributed by atoms with Gasteiger partial charge in [0.25, 0.3) is 5.56 Å². The Bertz CT molecular complexity index is 1160. The molecule has 2 heterocycles. The van der Waals surface area contributed by atoms with Gasteiger partial charge in [0.2, 0.25) is 0 Å². The molecule has 2 aromatic heterocycles. The van der Waals surface area contributed by atoms with Crippen LogP contribution in [-0.2, 0) is 6.54 Å². The van der Waals surface area contributed by atoms with Crippen LogP contribution in [0.25, 0.3) is 10.9 Å². The smallest absolute Gasteiger partial charge is 0.252 e. The van der Waals surface area contributed by atoms with E-state index in [9.17, 15) is 4.79 Å². The van der Waals surface area contributed by atoms with Crippen LogP contribution in [0, 0.1) is 6.92 Å². The molecule has 3 aromatic rings. The van der Waals surface area contributed by atoms with Gasteiger partial charge in [-0.2, -0.15) is 0 Å². The van der Waals surface area contributed by atoms with Crippen molar-refractivity contribution in [2.75, 3.05) is 0 Å². The minimum absolute atomic E-state index is 0.0129. The van der Waals surface area contributed by atoms with Crippen molar-refractivity contribution in [2.45, 2.75) is 109 Å². The largest absolute Gasteiger partial charge is 0.322 e. The standard InChI is InChI=1S/C27H38N6O/c1-3-25(26-29-30-31-33(26)23-12-8-5-9-13-23)32(22-10-6-4-7-11-22)18-21-17-20-16-19(2)14-15-24(20)28-27(21)34/h14-17,22-23,25H,3-13,18H2,1-2H3,(H,28,34)/t25-/m0/s1. The van der Waals surface area contributed by atoms with E-state index >= 15 is 0 Å². The van der Waals surface area contributed by atoms with Crippen molar-refractivity contribution < 1.29 is 0 Å². The average Bonchev–Trinajstić information content (AvgIpc) is 3.35. The molecule has 0 aliphatic heterocycles. The lowest BCUT2D eigenvalue weighted by Gasteiger charge is -2.39. The fourth-order valence-electron chi connectivity index (χ4n) is 6.16. The van der Waals surface area contributed by atoms with Gasteiger partial charge < -0.3 is 4.98 Å². The third-order valence-electron chi connectivity index (χ3n) is 8.00. The summed E-state index contributed by atoms with van der Waals surface area (Å²) in [5, 5.41) is 14.3. The van der Waals surface area contributed by atoms with E-state index < -0.39 is 0 Å². The number of nitrogens with zero attached hydrogens (tertiary/aromatic N) is 5. The van der Waals surface area contributed by atoms with Crippen molar-refractivity contribution in [3.63, 3.8) is 0 Å². The molecule has 0 unspecified atom stereocenters. The van der Waals surface area contributed by atoms with Gasteiger partial charge in [0.05, 0.1) is 12.1 Å². The summed E-state index contributed by atoms with van der Waals surface area (Å²) in [6, 6.07) is 9.24. The zero-order valence-electron chi connectivity index (χ0n) is 20.7. The normalized spacial score (nSPS) is 19.1. The van der Waals surface area contributed by atoms with Gasteiger partial charge >= 0.3 is 0 Å². The quantitative estimate of drug-likeness (QED) is 0.493. The van der Waals surface area contributed by atoms with E-state index in [-0.39, 0.29) is 11.6 Å². The van der Waals surface area contributed by atoms with Gasteiger partial charge in [-0.3, -0.25) is 9.69 Å². The molecule has 0 radical (unpaired) electrons. The lowest BCUT2D eigenvalue weighted by molar-refractivity contribution is 0.0821. The van der Waals surface area contributed by atoms with Crippen LogP contribution >= 0.6 is 0 Å². The molecule has 2 aliphatic rings. The fraction of sp³-hybridized carbons (Fsp3) is 0.630. The van der Waals surface area contributed by atoms with Gasteiger partial charge in [-0.25, -0.2) is 4.68 Å². The molecule has 182 valence electrons. The molecule has 1 N–H and O–H groups in total. The minimum atomic E-state index is 0.0129. The van der Waals surface area contributed by atoms with Crippen LogP contribution in [0.4, 0.5) is 0 Å². The number of pyridine rings is 1. The van der Waals surface area contributed by atoms with Crippen molar-refractivity contribution >= 4 is 10.9 Å². The number of aromatic amines is 1. The van der Waals surface area contributed by atoms with Gasteiger partial charge in [0.15, 0.2) is 5.82 Å². The summed E-state index contributed by atoms with van der Waals surface area (Å²) in [5.74, 6) is 0.980. The van der Waals surface area contributed by atoms with E-state index in [0.29, 0.717) is 18.6 Å². The summed E-state index contributed by atoms with van der Waals surface area (Å²) < 4.78 is 2.12. The predicted octanol–water partition coefficient (Wildman–Crippen LogP) is 5.61. The first kappa shape index (κ1) is 23.2. The number of aromatic nitrogens is 5. The summed E-state index contributed by atoms with van der Waals surface area (Å²) in [5.41, 5.74) is 2.95. The first-order valence-electron chi connectivity index (χ1n) is 13.3. The van der Waals surface area contributed by atoms with Crippen molar-refractivity contribution in [2.24, 2.45) is 0 Å². The molecule has 2 fully saturated rings. The lowest BCUT2D eigenvalue weighted by Crippen LogP contribution is -2.41. The first-order valence-corrected chi connectivity index (χ1v) is 13.3. The number of aryl methyl sites for hydroxylation is 1. The second kappa shape index (κ2) is 10.4. The number of tetrazole rings is 1. The second-order valence-electron chi connectivity index (χ2n) is 10.4. The molecule has 0 bridgehead atoms. The molecule has 1 aromatic carbocycles. The Labute approximate surface area is 201 Å². The van der Waals surface area contributed by atoms with Gasteiger partial charge in [-0.05, 0) is 73.0 Å². The second-order valence-corrected chi connectivity index (χ2v) is 10.4. The maximum absolute atomic E-state index is 13.1. The van der Waals surface area contributed by atoms with Crippen molar-refractivity contribution in [1.82, 2.24) is 30.1 Å². The maximum atomic E-state index is 13.1. The fourth-order valence-corrected chi connectivity index (χ4v) is 6.16. The molecule has 5 rings (SSSR count). The van der Waals surface area contributed by atoms with Crippen LogP contribution in [-0.4, -0.2) is 36.1 Å². The number of nitrogens with one attached hydrogen (secondary N) is 1. The lowest BCUT2D eigenvalue weighted by atomic mass is 9.91. The summed E-state index contributed by atoms with van der Waals surface area (Å²) >= 11 is 0. The van der Waals surface area contributed by atoms with Crippen molar-refractivity contribution in [1.29, 1.82) is 0 Å². The number of hydrogen-bond acceptors (Lipinski definition) is 5. The SMILES string of the molecule is CC[C@@H](c1nnnn1C1CCCCC1)N(Cc1cc2cc(C)ccc2[nH]c1=O)C1CCCCC1. The van der Waals surface area contributed by atoms with E-state index in [2.05, 4.69) is 56.1 Å². The Kier molecular flexibility index (Phi) is 7.09. The molecule has 7 nitrogen and oxygen atoms in total. The number of hydrogen-bond donors (Lipinski definition) is 1. The number of H-pyrrole nitrogens is 1. The highest BCUT2D eigenvalue weighted by Crippen LogP contribution is 2.35. The van der Waals surface area contributed by atoms with Gasteiger partial charge in [0.1, 0.15) is 0 Å². The Morgan fingerprint density at radius 1 is 1.06 bits per heavy atom. The molecule has 7 heteroatoms. The zero-order valence-corrected chi connectivity index (χ0v) is 20.7. The van der Waals surface area contributed by atoms with Crippen LogP contribution in [0.2, 0.25) is 0 Å². The van der Waals surface area contributed by atoms with E-state index in [1.165, 1.54) is 56.9 Å². The molecular formula is C27H38N6O. The first-order chi connectivity index (χ1) is 16.6. The third kappa shape index (κ3) is 4.81. The highest BCUT2D eigenvalue weighted by atomic mass is 16.1. The molecule has 34 heavy (non-hydrogen) atoms. The Morgan fingerprint density at radius 3 is 2.53 bits per heavy atom. The topological polar surface area (TPSA) is 79.7 Å². The van der Waals surface area contributed by atoms with Crippen LogP contribution in [0.1, 0.15) is 107 Å². The summed E-state index contributed by atoms with van der Waals surface area (Å²) in [7, 11) is 0. The highest BCUT2D eigenvalue weighted by Gasteiger charge is 2.33. The average molecular weight is 463 g/mol. The highest BCUT2D eigenvalue weighted by molar-refractivity contribution is 5.79. The Morgan fingerprint density at radius 2 is 1.79 bits per heavy atom. The van der Waals surface area contributed by atoms with E-state index in [1.54, 1.807) is 0 Å². The Balaban J connectivity index is 1.51. The summed E-state index contributed by atoms with van der Waals surface area (Å²) in [6.45, 7) is 4.95. The van der Waals surface area contributed by atoms with E-state index in [0.717, 1.165) is 41.6 Å². The van der Waals surface area contributed by atoms with Crippen molar-refractivity contribution in [3.8, 4) is 0 Å². The van der Waals surface area contributed by atoms with Gasteiger partial charge in [-0.1, -0.05) is 57.1 Å². The number of benzene rings is 1. The molecule has 2 aliphatic carbocycles. The van der Waals surface area contributed by atoms with E-state index in [4.69, 9.17) is 0 Å². The molecular weight excluding hydrogens is 424 g/mol. The van der Waals surface area contributed by atoms with E-state index in [1.807, 2.05) is 12.1 Å². The van der Waals surface area contributed by atoms with Crippen LogP contribution in [0.5, 0.6) is 0 Å². The number of fused-ring (bicyclic) bond motifs is 1. The zero-order chi connectivity index (χ0) is 23.5. The minimum Gasteiger partial charge on any atom is -0.322 e. The molecule has 0 amide bonds. The van der Waals surface area contributed by atoms with Crippen LogP contribution < -0.4 is 5.56 Å². The third-order valence-corrected chi connectivity index (χ3v) is 8.00. The number of rotatable bonds is 7. The van der Waals surface area contributed by atoms with Crippen LogP contribution in [0.15, 0.2) is 29.1 Å². The molecule has 0 spiro atoms. The van der Waals surface area contributed by atoms with Gasteiger partial charge in [-0.15, -0.1) is 5.10 Å².